The first kappa shape index (κ1) is 17.8. The summed E-state index contributed by atoms with van der Waals surface area (Å²) in [6.07, 6.45) is 0.196. The molecule has 1 saturated heterocycles. The minimum absolute atomic E-state index is 0.0197. The Morgan fingerprint density at radius 3 is 2.60 bits per heavy atom. The molecule has 2 amide bonds. The molecule has 0 spiro atoms. The Kier molecular flexibility index (Phi) is 5.30. The lowest BCUT2D eigenvalue weighted by molar-refractivity contribution is -0.129. The van der Waals surface area contributed by atoms with Gasteiger partial charge in [0.25, 0.3) is 0 Å². The van der Waals surface area contributed by atoms with Gasteiger partial charge in [-0.25, -0.2) is 0 Å². The number of amides is 2. The van der Waals surface area contributed by atoms with Gasteiger partial charge >= 0.3 is 0 Å². The molecule has 6 heteroatoms. The van der Waals surface area contributed by atoms with E-state index in [0.717, 1.165) is 5.56 Å². The number of hydrogen-bond donors (Lipinski definition) is 1. The quantitative estimate of drug-likeness (QED) is 0.851. The van der Waals surface area contributed by atoms with E-state index in [0.29, 0.717) is 22.3 Å². The van der Waals surface area contributed by atoms with Crippen molar-refractivity contribution < 1.29 is 9.59 Å². The maximum absolute atomic E-state index is 12.5. The van der Waals surface area contributed by atoms with Gasteiger partial charge in [0.15, 0.2) is 0 Å². The van der Waals surface area contributed by atoms with Crippen LogP contribution in [0.2, 0.25) is 10.0 Å². The lowest BCUT2D eigenvalue weighted by Gasteiger charge is -2.25. The number of carbonyl (C=O) groups excluding carboxylic acids is 2. The lowest BCUT2D eigenvalue weighted by Crippen LogP contribution is -2.30. The predicted molar refractivity (Wildman–Crippen MR) is 99.8 cm³/mol. The van der Waals surface area contributed by atoms with E-state index < -0.39 is 5.92 Å². The molecule has 130 valence electrons. The topological polar surface area (TPSA) is 49.4 Å². The first-order valence-corrected chi connectivity index (χ1v) is 8.82. The molecule has 0 radical (unpaired) electrons. The van der Waals surface area contributed by atoms with Crippen molar-refractivity contribution in [2.24, 2.45) is 5.92 Å². The molecule has 0 saturated carbocycles. The van der Waals surface area contributed by atoms with Crippen LogP contribution in [-0.4, -0.2) is 23.3 Å². The van der Waals surface area contributed by atoms with Crippen molar-refractivity contribution in [1.82, 2.24) is 4.90 Å². The minimum atomic E-state index is -0.409. The molecule has 0 aliphatic carbocycles. The standard InChI is InChI=1S/C19H18Cl2N2O2/c1-12(13-6-3-2-4-7-13)23-11-14(10-17(23)24)19(25)22-16-9-5-8-15(20)18(16)21/h2-9,12,14H,10-11H2,1H3,(H,22,25)/t12-,14-/m0/s1. The summed E-state index contributed by atoms with van der Waals surface area (Å²) >= 11 is 12.1. The van der Waals surface area contributed by atoms with Crippen LogP contribution in [-0.2, 0) is 9.59 Å². The number of halogens is 2. The number of nitrogens with zero attached hydrogens (tertiary/aromatic N) is 1. The summed E-state index contributed by atoms with van der Waals surface area (Å²) in [6.45, 7) is 2.36. The summed E-state index contributed by atoms with van der Waals surface area (Å²) in [4.78, 5) is 26.7. The Bertz CT molecular complexity index is 795. The van der Waals surface area contributed by atoms with Crippen LogP contribution in [0.25, 0.3) is 0 Å². The third kappa shape index (κ3) is 3.80. The molecule has 1 aliphatic rings. The van der Waals surface area contributed by atoms with E-state index in [1.54, 1.807) is 23.1 Å². The van der Waals surface area contributed by atoms with Gasteiger partial charge in [0.05, 0.1) is 27.7 Å². The van der Waals surface area contributed by atoms with Crippen LogP contribution < -0.4 is 5.32 Å². The van der Waals surface area contributed by atoms with Crippen LogP contribution >= 0.6 is 23.2 Å². The first-order valence-electron chi connectivity index (χ1n) is 8.06. The zero-order chi connectivity index (χ0) is 18.0. The van der Waals surface area contributed by atoms with E-state index in [2.05, 4.69) is 5.32 Å². The fraction of sp³-hybridized carbons (Fsp3) is 0.263. The van der Waals surface area contributed by atoms with Gasteiger partial charge in [-0.3, -0.25) is 9.59 Å². The highest BCUT2D eigenvalue weighted by Crippen LogP contribution is 2.32. The summed E-state index contributed by atoms with van der Waals surface area (Å²) in [6, 6.07) is 14.8. The van der Waals surface area contributed by atoms with E-state index in [-0.39, 0.29) is 24.3 Å². The number of likely N-dealkylation sites (tertiary alicyclic amines) is 1. The molecule has 2 aromatic rings. The van der Waals surface area contributed by atoms with Crippen molar-refractivity contribution in [3.05, 3.63) is 64.1 Å². The SMILES string of the molecule is C[C@@H](c1ccccc1)N1C[C@@H](C(=O)Nc2cccc(Cl)c2Cl)CC1=O. The summed E-state index contributed by atoms with van der Waals surface area (Å²) in [7, 11) is 0. The van der Waals surface area contributed by atoms with E-state index >= 15 is 0 Å². The Labute approximate surface area is 156 Å². The van der Waals surface area contributed by atoms with Gasteiger partial charge in [0.2, 0.25) is 11.8 Å². The molecular formula is C19H18Cl2N2O2. The summed E-state index contributed by atoms with van der Waals surface area (Å²) < 4.78 is 0. The number of carbonyl (C=O) groups is 2. The van der Waals surface area contributed by atoms with Crippen LogP contribution in [0, 0.1) is 5.92 Å². The van der Waals surface area contributed by atoms with E-state index in [1.807, 2.05) is 37.3 Å². The van der Waals surface area contributed by atoms with E-state index in [9.17, 15) is 9.59 Å². The highest BCUT2D eigenvalue weighted by Gasteiger charge is 2.37. The Balaban J connectivity index is 1.69. The van der Waals surface area contributed by atoms with Crippen molar-refractivity contribution in [2.75, 3.05) is 11.9 Å². The van der Waals surface area contributed by atoms with Crippen molar-refractivity contribution in [2.45, 2.75) is 19.4 Å². The lowest BCUT2D eigenvalue weighted by atomic mass is 10.1. The second-order valence-corrected chi connectivity index (χ2v) is 6.91. The smallest absolute Gasteiger partial charge is 0.229 e. The normalized spacial score (nSPS) is 18.3. The molecule has 1 fully saturated rings. The zero-order valence-corrected chi connectivity index (χ0v) is 15.2. The highest BCUT2D eigenvalue weighted by molar-refractivity contribution is 6.44. The zero-order valence-electron chi connectivity index (χ0n) is 13.7. The Morgan fingerprint density at radius 1 is 1.16 bits per heavy atom. The monoisotopic (exact) mass is 376 g/mol. The van der Waals surface area contributed by atoms with Gasteiger partial charge in [-0.15, -0.1) is 0 Å². The molecule has 2 atom stereocenters. The molecule has 1 N–H and O–H groups in total. The summed E-state index contributed by atoms with van der Waals surface area (Å²) in [5, 5.41) is 3.46. The summed E-state index contributed by atoms with van der Waals surface area (Å²) in [5.41, 5.74) is 1.51. The molecular weight excluding hydrogens is 359 g/mol. The average Bonchev–Trinajstić information content (AvgIpc) is 3.01. The molecule has 1 aliphatic heterocycles. The van der Waals surface area contributed by atoms with Crippen LogP contribution in [0.3, 0.4) is 0 Å². The van der Waals surface area contributed by atoms with E-state index in [1.165, 1.54) is 0 Å². The number of benzene rings is 2. The fourth-order valence-corrected chi connectivity index (χ4v) is 3.38. The van der Waals surface area contributed by atoms with E-state index in [4.69, 9.17) is 23.2 Å². The molecule has 1 heterocycles. The van der Waals surface area contributed by atoms with Gasteiger partial charge in [-0.2, -0.15) is 0 Å². The van der Waals surface area contributed by atoms with Crippen LogP contribution in [0.1, 0.15) is 24.9 Å². The van der Waals surface area contributed by atoms with Gasteiger partial charge in [0.1, 0.15) is 0 Å². The van der Waals surface area contributed by atoms with Crippen molar-refractivity contribution in [1.29, 1.82) is 0 Å². The third-order valence-electron chi connectivity index (χ3n) is 4.49. The van der Waals surface area contributed by atoms with Crippen LogP contribution in [0.5, 0.6) is 0 Å². The number of anilines is 1. The maximum atomic E-state index is 12.5. The van der Waals surface area contributed by atoms with Gasteiger partial charge in [-0.05, 0) is 24.6 Å². The van der Waals surface area contributed by atoms with Crippen molar-refractivity contribution in [3.8, 4) is 0 Å². The first-order chi connectivity index (χ1) is 12.0. The molecule has 0 bridgehead atoms. The van der Waals surface area contributed by atoms with Crippen molar-refractivity contribution >= 4 is 40.7 Å². The fourth-order valence-electron chi connectivity index (χ4n) is 3.03. The largest absolute Gasteiger partial charge is 0.335 e. The molecule has 4 nitrogen and oxygen atoms in total. The highest BCUT2D eigenvalue weighted by atomic mass is 35.5. The van der Waals surface area contributed by atoms with Gasteiger partial charge in [-0.1, -0.05) is 59.6 Å². The number of rotatable bonds is 4. The number of hydrogen-bond acceptors (Lipinski definition) is 2. The Morgan fingerprint density at radius 2 is 1.88 bits per heavy atom. The third-order valence-corrected chi connectivity index (χ3v) is 5.31. The molecule has 3 rings (SSSR count). The Hall–Kier alpha value is -2.04. The maximum Gasteiger partial charge on any atom is 0.229 e. The summed E-state index contributed by atoms with van der Waals surface area (Å²) in [5.74, 6) is -0.650. The van der Waals surface area contributed by atoms with Crippen LogP contribution in [0.4, 0.5) is 5.69 Å². The molecule has 0 aromatic heterocycles. The minimum Gasteiger partial charge on any atom is -0.335 e. The molecule has 0 unspecified atom stereocenters. The predicted octanol–water partition coefficient (Wildman–Crippen LogP) is 4.54. The number of nitrogens with one attached hydrogen (secondary N) is 1. The second-order valence-electron chi connectivity index (χ2n) is 6.12. The van der Waals surface area contributed by atoms with Crippen LogP contribution in [0.15, 0.2) is 48.5 Å². The average molecular weight is 377 g/mol. The molecule has 2 aromatic carbocycles. The van der Waals surface area contributed by atoms with Gasteiger partial charge < -0.3 is 10.2 Å². The van der Waals surface area contributed by atoms with Gasteiger partial charge in [0, 0.05) is 13.0 Å². The van der Waals surface area contributed by atoms with Crippen molar-refractivity contribution in [3.63, 3.8) is 0 Å². The molecule has 25 heavy (non-hydrogen) atoms. The second kappa shape index (κ2) is 7.46.